The van der Waals surface area contributed by atoms with Crippen LogP contribution in [0, 0.1) is 5.92 Å². The molecule has 2 aromatic carbocycles. The number of aromatic nitrogens is 2. The summed E-state index contributed by atoms with van der Waals surface area (Å²) >= 11 is 0. The van der Waals surface area contributed by atoms with Crippen molar-refractivity contribution in [1.82, 2.24) is 14.9 Å². The molecule has 2 aliphatic rings. The van der Waals surface area contributed by atoms with Gasteiger partial charge in [0.15, 0.2) is 17.3 Å². The van der Waals surface area contributed by atoms with E-state index in [0.29, 0.717) is 59.0 Å². The van der Waals surface area contributed by atoms with E-state index in [4.69, 9.17) is 23.9 Å². The van der Waals surface area contributed by atoms with Crippen molar-refractivity contribution in [2.75, 3.05) is 77.5 Å². The molecule has 1 aromatic heterocycles. The minimum atomic E-state index is -0.0181. The molecule has 10 heteroatoms. The molecule has 0 aliphatic carbocycles. The number of carbonyl (C=O) groups excluding carboxylic acids is 1. The minimum Gasteiger partial charge on any atom is -0.495 e. The fraction of sp³-hybridized carbons (Fsp3) is 0.452. The maximum atomic E-state index is 13.8. The molecule has 2 saturated heterocycles. The van der Waals surface area contributed by atoms with Crippen LogP contribution in [0.15, 0.2) is 42.6 Å². The van der Waals surface area contributed by atoms with Gasteiger partial charge in [-0.25, -0.2) is 9.97 Å². The number of hydrogen-bond donors (Lipinski definition) is 0. The van der Waals surface area contributed by atoms with Crippen molar-refractivity contribution in [2.45, 2.75) is 19.8 Å². The standard InChI is InChI=1S/C31H39N5O5/c1-21-10-12-36(13-11-21)31(37)23-20-32-29(22-18-26(39-3)28(41-5)27(19-22)40-4)33-30(23)35-16-14-34(15-17-35)24-8-6-7-9-25(24)38-2/h6-9,18-21H,10-17H2,1-5H3. The van der Waals surface area contributed by atoms with Gasteiger partial charge in [-0.3, -0.25) is 4.79 Å². The fourth-order valence-corrected chi connectivity index (χ4v) is 5.55. The van der Waals surface area contributed by atoms with Crippen LogP contribution in [-0.4, -0.2) is 88.5 Å². The molecule has 0 saturated carbocycles. The van der Waals surface area contributed by atoms with Gasteiger partial charge >= 0.3 is 0 Å². The molecule has 0 spiro atoms. The van der Waals surface area contributed by atoms with Crippen LogP contribution < -0.4 is 28.7 Å². The Balaban J connectivity index is 1.49. The van der Waals surface area contributed by atoms with Crippen LogP contribution in [0.3, 0.4) is 0 Å². The molecule has 0 N–H and O–H groups in total. The second-order valence-electron chi connectivity index (χ2n) is 10.5. The summed E-state index contributed by atoms with van der Waals surface area (Å²) < 4.78 is 22.2. The van der Waals surface area contributed by atoms with E-state index in [1.54, 1.807) is 34.6 Å². The number of rotatable bonds is 8. The lowest BCUT2D eigenvalue weighted by Gasteiger charge is -2.38. The number of anilines is 2. The highest BCUT2D eigenvalue weighted by molar-refractivity contribution is 5.99. The maximum absolute atomic E-state index is 13.8. The van der Waals surface area contributed by atoms with E-state index in [-0.39, 0.29) is 5.91 Å². The predicted octanol–water partition coefficient (Wildman–Crippen LogP) is 4.38. The first-order valence-corrected chi connectivity index (χ1v) is 14.1. The monoisotopic (exact) mass is 561 g/mol. The molecule has 0 unspecified atom stereocenters. The van der Waals surface area contributed by atoms with Gasteiger partial charge in [-0.15, -0.1) is 0 Å². The Hall–Kier alpha value is -4.21. The average molecular weight is 562 g/mol. The van der Waals surface area contributed by atoms with Crippen LogP contribution in [-0.2, 0) is 0 Å². The van der Waals surface area contributed by atoms with Crippen LogP contribution in [0.4, 0.5) is 11.5 Å². The average Bonchev–Trinajstić information content (AvgIpc) is 3.03. The van der Waals surface area contributed by atoms with E-state index in [1.165, 1.54) is 0 Å². The minimum absolute atomic E-state index is 0.0181. The molecule has 3 heterocycles. The number of benzene rings is 2. The van der Waals surface area contributed by atoms with Crippen LogP contribution in [0.25, 0.3) is 11.4 Å². The number of ether oxygens (including phenoxy) is 4. The molecule has 2 fully saturated rings. The Labute approximate surface area is 241 Å². The molecule has 0 atom stereocenters. The Morgan fingerprint density at radius 2 is 1.41 bits per heavy atom. The zero-order valence-electron chi connectivity index (χ0n) is 24.6. The van der Waals surface area contributed by atoms with Gasteiger partial charge in [0.25, 0.3) is 5.91 Å². The van der Waals surface area contributed by atoms with Crippen molar-refractivity contribution in [3.05, 3.63) is 48.2 Å². The van der Waals surface area contributed by atoms with Gasteiger partial charge in [-0.2, -0.15) is 0 Å². The van der Waals surface area contributed by atoms with E-state index in [1.807, 2.05) is 35.2 Å². The lowest BCUT2D eigenvalue weighted by Crippen LogP contribution is -2.48. The summed E-state index contributed by atoms with van der Waals surface area (Å²) in [5, 5.41) is 0. The highest BCUT2D eigenvalue weighted by Crippen LogP contribution is 2.41. The molecule has 218 valence electrons. The van der Waals surface area contributed by atoms with E-state index >= 15 is 0 Å². The number of methoxy groups -OCH3 is 4. The summed E-state index contributed by atoms with van der Waals surface area (Å²) in [5.74, 6) is 4.11. The van der Waals surface area contributed by atoms with E-state index < -0.39 is 0 Å². The first-order valence-electron chi connectivity index (χ1n) is 14.1. The Bertz CT molecular complexity index is 1340. The third-order valence-electron chi connectivity index (χ3n) is 8.00. The normalized spacial score (nSPS) is 16.0. The van der Waals surface area contributed by atoms with Crippen molar-refractivity contribution in [1.29, 1.82) is 0 Å². The molecular formula is C31H39N5O5. The van der Waals surface area contributed by atoms with Crippen molar-refractivity contribution in [3.8, 4) is 34.4 Å². The maximum Gasteiger partial charge on any atom is 0.259 e. The van der Waals surface area contributed by atoms with E-state index in [9.17, 15) is 4.79 Å². The quantitative estimate of drug-likeness (QED) is 0.398. The second kappa shape index (κ2) is 12.5. The number of nitrogens with zero attached hydrogens (tertiary/aromatic N) is 5. The van der Waals surface area contributed by atoms with Crippen molar-refractivity contribution in [2.24, 2.45) is 5.92 Å². The third kappa shape index (κ3) is 5.82. The highest BCUT2D eigenvalue weighted by Gasteiger charge is 2.29. The summed E-state index contributed by atoms with van der Waals surface area (Å²) in [6.07, 6.45) is 3.68. The van der Waals surface area contributed by atoms with E-state index in [2.05, 4.69) is 27.8 Å². The van der Waals surface area contributed by atoms with Crippen molar-refractivity contribution in [3.63, 3.8) is 0 Å². The fourth-order valence-electron chi connectivity index (χ4n) is 5.55. The molecule has 0 radical (unpaired) electrons. The number of amides is 1. The molecule has 41 heavy (non-hydrogen) atoms. The van der Waals surface area contributed by atoms with Gasteiger partial charge < -0.3 is 33.6 Å². The Morgan fingerprint density at radius 3 is 2.02 bits per heavy atom. The molecule has 1 amide bonds. The first-order chi connectivity index (χ1) is 20.0. The predicted molar refractivity (Wildman–Crippen MR) is 159 cm³/mol. The zero-order valence-corrected chi connectivity index (χ0v) is 24.6. The number of likely N-dealkylation sites (tertiary alicyclic amines) is 1. The molecule has 3 aromatic rings. The molecule has 5 rings (SSSR count). The lowest BCUT2D eigenvalue weighted by molar-refractivity contribution is 0.0697. The van der Waals surface area contributed by atoms with Crippen LogP contribution >= 0.6 is 0 Å². The molecule has 2 aliphatic heterocycles. The van der Waals surface area contributed by atoms with Crippen molar-refractivity contribution < 1.29 is 23.7 Å². The smallest absolute Gasteiger partial charge is 0.259 e. The van der Waals surface area contributed by atoms with Gasteiger partial charge in [0.2, 0.25) is 5.75 Å². The number of hydrogen-bond acceptors (Lipinski definition) is 9. The largest absolute Gasteiger partial charge is 0.495 e. The SMILES string of the molecule is COc1ccccc1N1CCN(c2nc(-c3cc(OC)c(OC)c(OC)c3)ncc2C(=O)N2CCC(C)CC2)CC1. The zero-order chi connectivity index (χ0) is 28.9. The topological polar surface area (TPSA) is 89.5 Å². The summed E-state index contributed by atoms with van der Waals surface area (Å²) in [6.45, 7) is 6.65. The summed E-state index contributed by atoms with van der Waals surface area (Å²) in [6, 6.07) is 11.7. The summed E-state index contributed by atoms with van der Waals surface area (Å²) in [7, 11) is 6.42. The number of piperazine rings is 1. The van der Waals surface area contributed by atoms with Crippen LogP contribution in [0.2, 0.25) is 0 Å². The molecule has 10 nitrogen and oxygen atoms in total. The van der Waals surface area contributed by atoms with Gasteiger partial charge in [0, 0.05) is 51.0 Å². The Kier molecular flexibility index (Phi) is 8.66. The molecular weight excluding hydrogens is 522 g/mol. The van der Waals surface area contributed by atoms with Gasteiger partial charge in [-0.1, -0.05) is 19.1 Å². The van der Waals surface area contributed by atoms with Gasteiger partial charge in [-0.05, 0) is 43.0 Å². The first kappa shape index (κ1) is 28.3. The Morgan fingerprint density at radius 1 is 0.805 bits per heavy atom. The van der Waals surface area contributed by atoms with Crippen molar-refractivity contribution >= 4 is 17.4 Å². The number of carbonyl (C=O) groups is 1. The van der Waals surface area contributed by atoms with E-state index in [0.717, 1.165) is 50.5 Å². The lowest BCUT2D eigenvalue weighted by atomic mass is 9.99. The molecule has 0 bridgehead atoms. The van der Waals surface area contributed by atoms with Crippen LogP contribution in [0.5, 0.6) is 23.0 Å². The number of para-hydroxylation sites is 2. The van der Waals surface area contributed by atoms with Crippen LogP contribution in [0.1, 0.15) is 30.1 Å². The second-order valence-corrected chi connectivity index (χ2v) is 10.5. The summed E-state index contributed by atoms with van der Waals surface area (Å²) in [5.41, 5.74) is 2.30. The third-order valence-corrected chi connectivity index (χ3v) is 8.00. The highest BCUT2D eigenvalue weighted by atomic mass is 16.5. The van der Waals surface area contributed by atoms with Gasteiger partial charge in [0.1, 0.15) is 17.1 Å². The summed E-state index contributed by atoms with van der Waals surface area (Å²) in [4.78, 5) is 29.9. The number of piperidine rings is 1. The van der Waals surface area contributed by atoms with Gasteiger partial charge in [0.05, 0.1) is 34.1 Å².